The van der Waals surface area contributed by atoms with Crippen LogP contribution in [0.5, 0.6) is 0 Å². The number of anilines is 1. The molecular formula is C15H19N3O5S. The van der Waals surface area contributed by atoms with Gasteiger partial charge in [0.1, 0.15) is 11.6 Å². The Balaban J connectivity index is 2.70. The molecular weight excluding hydrogens is 334 g/mol. The Labute approximate surface area is 139 Å². The first-order chi connectivity index (χ1) is 11.0. The van der Waals surface area contributed by atoms with Crippen molar-refractivity contribution in [1.29, 1.82) is 0 Å². The third-order valence-electron chi connectivity index (χ3n) is 3.77. The van der Waals surface area contributed by atoms with Gasteiger partial charge in [-0.15, -0.1) is 0 Å². The van der Waals surface area contributed by atoms with Crippen LogP contribution in [0.3, 0.4) is 0 Å². The van der Waals surface area contributed by atoms with Crippen LogP contribution in [-0.2, 0) is 17.2 Å². The number of hydrogen-bond donors (Lipinski definition) is 1. The van der Waals surface area contributed by atoms with Crippen LogP contribution in [0.4, 0.5) is 5.69 Å². The summed E-state index contributed by atoms with van der Waals surface area (Å²) in [5.41, 5.74) is 0.948. The second kappa shape index (κ2) is 6.25. The number of Topliss-reactive ketones (excluding diaryl/α,β-unsaturated/α-hetero) is 1. The van der Waals surface area contributed by atoms with Gasteiger partial charge in [0.25, 0.3) is 15.7 Å². The van der Waals surface area contributed by atoms with Gasteiger partial charge in [0.2, 0.25) is 0 Å². The van der Waals surface area contributed by atoms with Crippen LogP contribution >= 0.6 is 0 Å². The van der Waals surface area contributed by atoms with E-state index in [1.54, 1.807) is 42.9 Å². The number of benzene rings is 1. The molecule has 130 valence electrons. The summed E-state index contributed by atoms with van der Waals surface area (Å²) in [5, 5.41) is 0. The Morgan fingerprint density at radius 3 is 2.42 bits per heavy atom. The van der Waals surface area contributed by atoms with E-state index in [-0.39, 0.29) is 11.5 Å². The summed E-state index contributed by atoms with van der Waals surface area (Å²) < 4.78 is 34.1. The minimum Gasteiger partial charge on any atom is -0.353 e. The van der Waals surface area contributed by atoms with Crippen LogP contribution in [0.15, 0.2) is 29.1 Å². The Kier molecular flexibility index (Phi) is 4.68. The normalized spacial score (nSPS) is 11.5. The summed E-state index contributed by atoms with van der Waals surface area (Å²) in [6, 6.07) is 6.67. The number of nitrogens with zero attached hydrogens (tertiary/aromatic N) is 3. The summed E-state index contributed by atoms with van der Waals surface area (Å²) in [7, 11) is -1.24. The molecule has 1 aromatic heterocycles. The van der Waals surface area contributed by atoms with Crippen molar-refractivity contribution in [3.8, 4) is 5.69 Å². The number of carbonyl (C=O) groups is 1. The topological polar surface area (TPSA) is 102 Å². The molecule has 0 radical (unpaired) electrons. The predicted octanol–water partition coefficient (Wildman–Crippen LogP) is 0.969. The molecule has 2 aromatic rings. The fourth-order valence-electron chi connectivity index (χ4n) is 2.67. The van der Waals surface area contributed by atoms with E-state index >= 15 is 0 Å². The van der Waals surface area contributed by atoms with Gasteiger partial charge in [-0.2, -0.15) is 8.42 Å². The van der Waals surface area contributed by atoms with Gasteiger partial charge < -0.3 is 4.90 Å². The van der Waals surface area contributed by atoms with E-state index in [4.69, 9.17) is 4.55 Å². The number of ketones is 1. The quantitative estimate of drug-likeness (QED) is 0.635. The van der Waals surface area contributed by atoms with Gasteiger partial charge in [-0.05, 0) is 26.0 Å². The first-order valence-corrected chi connectivity index (χ1v) is 8.70. The van der Waals surface area contributed by atoms with Crippen molar-refractivity contribution >= 4 is 21.6 Å². The molecule has 0 saturated carbocycles. The van der Waals surface area contributed by atoms with E-state index in [1.807, 2.05) is 0 Å². The number of rotatable bonds is 5. The molecule has 0 aliphatic heterocycles. The van der Waals surface area contributed by atoms with Crippen molar-refractivity contribution in [2.45, 2.75) is 13.8 Å². The fraction of sp³-hybridized carbons (Fsp3) is 0.333. The molecule has 1 heterocycles. The average Bonchev–Trinajstić information content (AvgIpc) is 2.67. The van der Waals surface area contributed by atoms with Crippen molar-refractivity contribution in [3.05, 3.63) is 45.9 Å². The van der Waals surface area contributed by atoms with Crippen LogP contribution in [0.25, 0.3) is 5.69 Å². The predicted molar refractivity (Wildman–Crippen MR) is 90.6 cm³/mol. The molecule has 0 unspecified atom stereocenters. The third kappa shape index (κ3) is 3.26. The van der Waals surface area contributed by atoms with E-state index in [9.17, 15) is 18.0 Å². The zero-order chi connectivity index (χ0) is 18.2. The lowest BCUT2D eigenvalue weighted by Gasteiger charge is -2.15. The smallest absolute Gasteiger partial charge is 0.295 e. The highest BCUT2D eigenvalue weighted by atomic mass is 32.2. The second-order valence-electron chi connectivity index (χ2n) is 5.56. The van der Waals surface area contributed by atoms with Gasteiger partial charge in [-0.3, -0.25) is 18.8 Å². The lowest BCUT2D eigenvalue weighted by atomic mass is 10.1. The Hall–Kier alpha value is -2.39. The van der Waals surface area contributed by atoms with Crippen molar-refractivity contribution < 1.29 is 17.8 Å². The molecule has 0 bridgehead atoms. The minimum absolute atomic E-state index is 0.133. The monoisotopic (exact) mass is 353 g/mol. The summed E-state index contributed by atoms with van der Waals surface area (Å²) in [6.07, 6.45) is 0. The number of para-hydroxylation sites is 1. The van der Waals surface area contributed by atoms with Gasteiger partial charge in [-0.25, -0.2) is 4.68 Å². The van der Waals surface area contributed by atoms with Gasteiger partial charge >= 0.3 is 0 Å². The first-order valence-electron chi connectivity index (χ1n) is 7.10. The molecule has 0 saturated heterocycles. The molecule has 1 N–H and O–H groups in total. The maximum absolute atomic E-state index is 12.8. The highest BCUT2D eigenvalue weighted by Gasteiger charge is 2.23. The number of hydrogen-bond acceptors (Lipinski definition) is 5. The molecule has 9 heteroatoms. The Bertz CT molecular complexity index is 956. The summed E-state index contributed by atoms with van der Waals surface area (Å²) in [6.45, 7) is 3.06. The standard InChI is InChI=1S/C15H19N3O5S/c1-10-14(16(3)9-24(21,22)23)15(20)18(17(10)4)13-8-6-5-7-12(13)11(2)19/h5-8H,9H2,1-4H3,(H,21,22,23). The molecule has 0 atom stereocenters. The van der Waals surface area contributed by atoms with E-state index in [0.29, 0.717) is 16.9 Å². The SMILES string of the molecule is CC(=O)c1ccccc1-n1c(=O)c(N(C)CS(=O)(=O)O)c(C)n1C. The highest BCUT2D eigenvalue weighted by Crippen LogP contribution is 2.20. The van der Waals surface area contributed by atoms with Crippen molar-refractivity contribution in [2.24, 2.45) is 7.05 Å². The van der Waals surface area contributed by atoms with Crippen LogP contribution in [0, 0.1) is 6.92 Å². The van der Waals surface area contributed by atoms with Crippen molar-refractivity contribution in [2.75, 3.05) is 17.8 Å². The zero-order valence-electron chi connectivity index (χ0n) is 13.8. The zero-order valence-corrected chi connectivity index (χ0v) is 14.7. The molecule has 0 aliphatic carbocycles. The molecule has 8 nitrogen and oxygen atoms in total. The second-order valence-corrected chi connectivity index (χ2v) is 6.98. The van der Waals surface area contributed by atoms with Gasteiger partial charge in [0, 0.05) is 19.7 Å². The van der Waals surface area contributed by atoms with E-state index in [2.05, 4.69) is 0 Å². The molecule has 0 fully saturated rings. The molecule has 0 amide bonds. The maximum atomic E-state index is 12.8. The minimum atomic E-state index is -4.28. The molecule has 0 aliphatic rings. The van der Waals surface area contributed by atoms with Crippen LogP contribution < -0.4 is 10.5 Å². The molecule has 1 aromatic carbocycles. The van der Waals surface area contributed by atoms with E-state index < -0.39 is 21.6 Å². The summed E-state index contributed by atoms with van der Waals surface area (Å²) in [4.78, 5) is 25.8. The first kappa shape index (κ1) is 18.0. The van der Waals surface area contributed by atoms with Gasteiger partial charge in [0.15, 0.2) is 5.78 Å². The number of carbonyl (C=O) groups excluding carboxylic acids is 1. The molecule has 24 heavy (non-hydrogen) atoms. The van der Waals surface area contributed by atoms with E-state index in [0.717, 1.165) is 0 Å². The summed E-state index contributed by atoms with van der Waals surface area (Å²) >= 11 is 0. The molecule has 2 rings (SSSR count). The van der Waals surface area contributed by atoms with Gasteiger partial charge in [0.05, 0.1) is 11.4 Å². The average molecular weight is 353 g/mol. The Morgan fingerprint density at radius 1 is 1.29 bits per heavy atom. The van der Waals surface area contributed by atoms with Crippen molar-refractivity contribution in [1.82, 2.24) is 9.36 Å². The van der Waals surface area contributed by atoms with Crippen LogP contribution in [0.1, 0.15) is 23.0 Å². The van der Waals surface area contributed by atoms with E-state index in [1.165, 1.54) is 23.6 Å². The largest absolute Gasteiger partial charge is 0.353 e. The third-order valence-corrected chi connectivity index (χ3v) is 4.49. The lowest BCUT2D eigenvalue weighted by Crippen LogP contribution is -2.30. The van der Waals surface area contributed by atoms with Crippen molar-refractivity contribution in [3.63, 3.8) is 0 Å². The lowest BCUT2D eigenvalue weighted by molar-refractivity contribution is 0.101. The van der Waals surface area contributed by atoms with Crippen LogP contribution in [-0.4, -0.2) is 41.0 Å². The van der Waals surface area contributed by atoms with Gasteiger partial charge in [-0.1, -0.05) is 12.1 Å². The Morgan fingerprint density at radius 2 is 1.88 bits per heavy atom. The fourth-order valence-corrected chi connectivity index (χ4v) is 3.29. The maximum Gasteiger partial charge on any atom is 0.295 e. The van der Waals surface area contributed by atoms with Crippen LogP contribution in [0.2, 0.25) is 0 Å². The highest BCUT2D eigenvalue weighted by molar-refractivity contribution is 7.85. The summed E-state index contributed by atoms with van der Waals surface area (Å²) in [5.74, 6) is -0.897. The number of aromatic nitrogens is 2. The molecule has 0 spiro atoms.